The van der Waals surface area contributed by atoms with E-state index in [1.807, 2.05) is 0 Å². The summed E-state index contributed by atoms with van der Waals surface area (Å²) in [5, 5.41) is 54.0. The number of rotatable bonds is 49. The number of aromatic amines is 1. The third-order valence-electron chi connectivity index (χ3n) is 14.6. The molecule has 0 aliphatic rings. The normalized spacial score (nSPS) is 14.8. The smallest absolute Gasteiger partial charge is 0.303 e. The lowest BCUT2D eigenvalue weighted by molar-refractivity contribution is -0.139. The molecule has 578 valence electrons. The van der Waals surface area contributed by atoms with Crippen LogP contribution in [-0.4, -0.2) is 248 Å². The molecule has 0 bridgehead atoms. The van der Waals surface area contributed by atoms with Crippen molar-refractivity contribution < 1.29 is 91.7 Å². The lowest BCUT2D eigenvalue weighted by atomic mass is 10.0. The Kier molecular flexibility index (Phi) is 42.3. The van der Waals surface area contributed by atoms with Crippen molar-refractivity contribution in [1.29, 1.82) is 0 Å². The summed E-state index contributed by atoms with van der Waals surface area (Å²) in [5.41, 5.74) is 21.9. The fourth-order valence-electron chi connectivity index (χ4n) is 9.28. The van der Waals surface area contributed by atoms with Gasteiger partial charge in [0.2, 0.25) is 94.5 Å². The van der Waals surface area contributed by atoms with Crippen molar-refractivity contribution in [2.75, 3.05) is 43.1 Å². The lowest BCUT2D eigenvalue weighted by Crippen LogP contribution is -2.62. The summed E-state index contributed by atoms with van der Waals surface area (Å²) in [6.45, 7) is 10.5. The average Bonchev–Trinajstić information content (AvgIpc) is 1.05. The van der Waals surface area contributed by atoms with Crippen LogP contribution < -0.4 is 97.4 Å². The highest BCUT2D eigenvalue weighted by Crippen LogP contribution is 2.13. The molecular formula is C60H101N21O19S3. The van der Waals surface area contributed by atoms with Gasteiger partial charge >= 0.3 is 5.97 Å². The predicted molar refractivity (Wildman–Crippen MR) is 380 cm³/mol. The maximum absolute atomic E-state index is 14.4. The summed E-state index contributed by atoms with van der Waals surface area (Å²) in [4.78, 5) is 236. The number of amides is 16. The molecule has 1 aromatic rings. The third kappa shape index (κ3) is 36.8. The molecule has 0 unspecified atom stereocenters. The van der Waals surface area contributed by atoms with Gasteiger partial charge in [-0.05, 0) is 83.1 Å². The van der Waals surface area contributed by atoms with Gasteiger partial charge < -0.3 is 113 Å². The number of imidazole rings is 1. The fourth-order valence-corrected chi connectivity index (χ4v) is 10.3. The summed E-state index contributed by atoms with van der Waals surface area (Å²) < 4.78 is 0. The number of primary amides is 2. The SMILES string of the molecule is CSCC[C@H](NC(=O)[C@H](CCCN=C(N)N)NC(=O)[C@H](CCC(=O)O)NC(=O)[C@@H](NC(=O)[C@H](CS)NC(=O)[C@H](C)NC(C)=O)[C@@H](C)O)C(=O)N[C@@H](C)C(=O)N[C@@H](CC(C)C)C(=O)N[C@@H](Cc1cnc[nH]1)C(=O)N[C@@H](CC(N)=O)C(=O)N[C@@H](CC(C)C)C(=O)N[C@@H](CS)C(=O)NCC(=O)NCC(N)=O. The number of aliphatic hydroxyl groups excluding tert-OH is 1. The fraction of sp³-hybridized carbons (Fsp3) is 0.650. The van der Waals surface area contributed by atoms with Gasteiger partial charge in [0, 0.05) is 49.7 Å². The van der Waals surface area contributed by atoms with Gasteiger partial charge in [0.05, 0.1) is 31.9 Å². The number of nitrogens with zero attached hydrogens (tertiary/aromatic N) is 2. The van der Waals surface area contributed by atoms with Crippen LogP contribution in [0, 0.1) is 11.8 Å². The molecule has 16 amide bonds. The van der Waals surface area contributed by atoms with E-state index in [1.165, 1.54) is 38.1 Å². The molecule has 0 aliphatic carbocycles. The molecular weight excluding hydrogens is 1410 g/mol. The van der Waals surface area contributed by atoms with Crippen LogP contribution in [0.1, 0.15) is 112 Å². The Morgan fingerprint density at radius 2 is 0.951 bits per heavy atom. The molecule has 0 radical (unpaired) electrons. The number of hydrogen-bond donors (Lipinski definition) is 23. The molecule has 0 spiro atoms. The number of nitrogens with one attached hydrogen (secondary N) is 15. The predicted octanol–water partition coefficient (Wildman–Crippen LogP) is -8.57. The maximum Gasteiger partial charge on any atom is 0.303 e. The summed E-state index contributed by atoms with van der Waals surface area (Å²) in [6.07, 6.45) is -0.405. The van der Waals surface area contributed by atoms with Gasteiger partial charge in [0.1, 0.15) is 72.5 Å². The standard InChI is InChI=1S/C60H101N21O19S3/c1-27(2)17-37(54(95)77-39(19-33-21-65-26-69-33)56(97)78-40(20-43(61)84)57(98)76-38(18-28(3)4)55(96)80-41(24-101)50(91)68-23-45(86)67-22-44(62)85)75-49(90)30(6)71-51(92)36(14-16-103-9)73-52(93)34(11-10-15-66-60(63)64)72-53(94)35(12-13-46(87)88)74-59(100)47(31(7)82)81-58(99)42(25-102)79-48(89)29(5)70-32(8)83/h21,26-31,34-42,47,82,101-102H,10-20,22-25H2,1-9H3,(H2,61,84)(H2,62,85)(H,65,69)(H,67,86)(H,68,91)(H,70,83)(H,71,92)(H,72,94)(H,73,93)(H,74,100)(H,75,90)(H,76,98)(H,77,95)(H,78,97)(H,79,89)(H,80,96)(H,81,99)(H,87,88)(H4,63,64,66)/t29-,30-,31+,34-,35-,36-,37-,38-,39-,40-,41-,42-,47-/m0/s1. The molecule has 0 saturated carbocycles. The van der Waals surface area contributed by atoms with Crippen LogP contribution in [0.2, 0.25) is 0 Å². The molecule has 13 atom stereocenters. The Hall–Kier alpha value is -9.52. The first-order valence-corrected chi connectivity index (χ1v) is 35.2. The van der Waals surface area contributed by atoms with Crippen LogP contribution in [-0.2, 0) is 87.9 Å². The average molecular weight is 1520 g/mol. The molecule has 0 aliphatic heterocycles. The quantitative estimate of drug-likeness (QED) is 0.0125. The van der Waals surface area contributed by atoms with Gasteiger partial charge in [0.25, 0.3) is 0 Å². The Morgan fingerprint density at radius 1 is 0.515 bits per heavy atom. The number of carbonyl (C=O) groups is 17. The minimum Gasteiger partial charge on any atom is -0.481 e. The number of carboxylic acids is 1. The molecule has 103 heavy (non-hydrogen) atoms. The van der Waals surface area contributed by atoms with Gasteiger partial charge in [-0.2, -0.15) is 37.0 Å². The van der Waals surface area contributed by atoms with Crippen LogP contribution >= 0.6 is 37.0 Å². The van der Waals surface area contributed by atoms with E-state index in [0.29, 0.717) is 0 Å². The molecule has 0 fully saturated rings. The molecule has 1 heterocycles. The number of carbonyl (C=O) groups excluding carboxylic acids is 16. The number of carboxylic acid groups (broad SMARTS) is 1. The van der Waals surface area contributed by atoms with Crippen LogP contribution in [0.5, 0.6) is 0 Å². The van der Waals surface area contributed by atoms with Crippen molar-refractivity contribution in [3.05, 3.63) is 18.2 Å². The van der Waals surface area contributed by atoms with Crippen molar-refractivity contribution in [2.45, 2.75) is 192 Å². The van der Waals surface area contributed by atoms with E-state index in [2.05, 4.69) is 115 Å². The topological polar surface area (TPSA) is 644 Å². The van der Waals surface area contributed by atoms with Crippen molar-refractivity contribution in [3.63, 3.8) is 0 Å². The number of H-pyrrole nitrogens is 1. The van der Waals surface area contributed by atoms with Crippen LogP contribution in [0.25, 0.3) is 0 Å². The third-order valence-corrected chi connectivity index (χ3v) is 15.9. The first kappa shape index (κ1) is 91.5. The van der Waals surface area contributed by atoms with Crippen molar-refractivity contribution in [1.82, 2.24) is 84.4 Å². The summed E-state index contributed by atoms with van der Waals surface area (Å²) >= 11 is 9.48. The van der Waals surface area contributed by atoms with Gasteiger partial charge in [0.15, 0.2) is 5.96 Å². The molecule has 0 saturated heterocycles. The van der Waals surface area contributed by atoms with E-state index in [-0.39, 0.29) is 85.8 Å². The minimum absolute atomic E-state index is 0.00350. The first-order valence-electron chi connectivity index (χ1n) is 32.6. The number of hydrogen-bond acceptors (Lipinski definition) is 23. The van der Waals surface area contributed by atoms with E-state index in [1.54, 1.807) is 34.0 Å². The second-order valence-corrected chi connectivity index (χ2v) is 26.3. The van der Waals surface area contributed by atoms with Crippen LogP contribution in [0.4, 0.5) is 0 Å². The highest BCUT2D eigenvalue weighted by atomic mass is 32.2. The van der Waals surface area contributed by atoms with E-state index < -0.39 is 211 Å². The maximum atomic E-state index is 14.4. The first-order chi connectivity index (χ1) is 48.2. The van der Waals surface area contributed by atoms with Gasteiger partial charge in [-0.25, -0.2) is 4.98 Å². The zero-order valence-corrected chi connectivity index (χ0v) is 61.4. The van der Waals surface area contributed by atoms with Crippen LogP contribution in [0.15, 0.2) is 17.5 Å². The number of aromatic nitrogens is 2. The van der Waals surface area contributed by atoms with Gasteiger partial charge in [-0.15, -0.1) is 0 Å². The zero-order chi connectivity index (χ0) is 78.4. The lowest BCUT2D eigenvalue weighted by Gasteiger charge is -2.28. The number of aliphatic carboxylic acids is 1. The molecule has 40 nitrogen and oxygen atoms in total. The van der Waals surface area contributed by atoms with Crippen molar-refractivity contribution >= 4 is 143 Å². The second kappa shape index (κ2) is 47.6. The highest BCUT2D eigenvalue weighted by Gasteiger charge is 2.38. The molecule has 43 heteroatoms. The molecule has 1 aromatic heterocycles. The van der Waals surface area contributed by atoms with Crippen LogP contribution in [0.3, 0.4) is 0 Å². The molecule has 1 rings (SSSR count). The largest absolute Gasteiger partial charge is 0.481 e. The van der Waals surface area contributed by atoms with Crippen molar-refractivity contribution in [3.8, 4) is 0 Å². The Morgan fingerprint density at radius 3 is 1.44 bits per heavy atom. The monoisotopic (exact) mass is 1520 g/mol. The van der Waals surface area contributed by atoms with Gasteiger partial charge in [-0.1, -0.05) is 27.7 Å². The highest BCUT2D eigenvalue weighted by molar-refractivity contribution is 7.98. The number of guanidine groups is 1. The number of aliphatic hydroxyl groups is 1. The number of nitrogens with two attached hydrogens (primary N) is 4. The Bertz CT molecular complexity index is 3120. The van der Waals surface area contributed by atoms with E-state index in [9.17, 15) is 91.7 Å². The van der Waals surface area contributed by atoms with E-state index >= 15 is 0 Å². The number of aliphatic imine (C=N–C) groups is 1. The zero-order valence-electron chi connectivity index (χ0n) is 58.8. The second-order valence-electron chi connectivity index (χ2n) is 24.6. The van der Waals surface area contributed by atoms with Gasteiger partial charge in [-0.3, -0.25) is 86.5 Å². The summed E-state index contributed by atoms with van der Waals surface area (Å²) in [6, 6.07) is -18.3. The number of thioether (sulfide) groups is 1. The van der Waals surface area contributed by atoms with E-state index in [4.69, 9.17) is 22.9 Å². The minimum atomic E-state index is -1.85. The van der Waals surface area contributed by atoms with Crippen molar-refractivity contribution in [2.24, 2.45) is 39.8 Å². The van der Waals surface area contributed by atoms with E-state index in [0.717, 1.165) is 13.8 Å². The molecule has 0 aromatic carbocycles. The Balaban J connectivity index is 3.57. The number of thiol groups is 2. The molecule has 25 N–H and O–H groups in total. The Labute approximate surface area is 609 Å². The summed E-state index contributed by atoms with van der Waals surface area (Å²) in [7, 11) is 0. The summed E-state index contributed by atoms with van der Waals surface area (Å²) in [5.74, 6) is -18.0.